The largest absolute Gasteiger partial charge is 0.388 e. The second-order valence-electron chi connectivity index (χ2n) is 6.95. The minimum atomic E-state index is -0.589. The van der Waals surface area contributed by atoms with Gasteiger partial charge in [-0.2, -0.15) is 5.10 Å². The summed E-state index contributed by atoms with van der Waals surface area (Å²) in [5.74, 6) is 0.752. The standard InChI is InChI=1S/C20H29N5O/c1-2-21-19(23-16-20(26)10-5-6-11-20)22-14-17-8-3-4-9-18(17)15-25-13-7-12-24-25/h3-4,7-9,12-13,26H,2,5-6,10-11,14-16H2,1H3,(H2,21,22,23). The fourth-order valence-electron chi connectivity index (χ4n) is 3.40. The van der Waals surface area contributed by atoms with Crippen LogP contribution < -0.4 is 10.6 Å². The zero-order valence-electron chi connectivity index (χ0n) is 15.5. The lowest BCUT2D eigenvalue weighted by Gasteiger charge is -2.23. The van der Waals surface area contributed by atoms with E-state index in [-0.39, 0.29) is 0 Å². The van der Waals surface area contributed by atoms with E-state index in [1.165, 1.54) is 11.1 Å². The van der Waals surface area contributed by atoms with Crippen LogP contribution in [-0.2, 0) is 13.1 Å². The van der Waals surface area contributed by atoms with Crippen LogP contribution in [0.5, 0.6) is 0 Å². The van der Waals surface area contributed by atoms with Crippen LogP contribution in [0.3, 0.4) is 0 Å². The van der Waals surface area contributed by atoms with Gasteiger partial charge in [0.1, 0.15) is 0 Å². The Balaban J connectivity index is 1.65. The number of hydrogen-bond acceptors (Lipinski definition) is 3. The quantitative estimate of drug-likeness (QED) is 0.526. The molecule has 26 heavy (non-hydrogen) atoms. The Morgan fingerprint density at radius 3 is 2.65 bits per heavy atom. The summed E-state index contributed by atoms with van der Waals surface area (Å²) in [4.78, 5) is 4.72. The summed E-state index contributed by atoms with van der Waals surface area (Å²) < 4.78 is 1.92. The van der Waals surface area contributed by atoms with Crippen LogP contribution in [0, 0.1) is 0 Å². The molecular weight excluding hydrogens is 326 g/mol. The van der Waals surface area contributed by atoms with E-state index in [1.54, 1.807) is 6.20 Å². The molecule has 0 amide bonds. The highest BCUT2D eigenvalue weighted by Crippen LogP contribution is 2.28. The van der Waals surface area contributed by atoms with Gasteiger partial charge in [0, 0.05) is 25.5 Å². The third kappa shape index (κ3) is 5.08. The molecule has 0 radical (unpaired) electrons. The van der Waals surface area contributed by atoms with Gasteiger partial charge in [-0.1, -0.05) is 37.1 Å². The monoisotopic (exact) mass is 355 g/mol. The molecule has 6 heteroatoms. The van der Waals surface area contributed by atoms with Crippen molar-refractivity contribution in [3.05, 3.63) is 53.9 Å². The van der Waals surface area contributed by atoms with Crippen LogP contribution in [0.2, 0.25) is 0 Å². The van der Waals surface area contributed by atoms with Crippen molar-refractivity contribution in [3.63, 3.8) is 0 Å². The lowest BCUT2D eigenvalue weighted by atomic mass is 10.0. The second-order valence-corrected chi connectivity index (χ2v) is 6.95. The van der Waals surface area contributed by atoms with E-state index in [0.29, 0.717) is 13.1 Å². The van der Waals surface area contributed by atoms with Crippen molar-refractivity contribution in [2.24, 2.45) is 4.99 Å². The van der Waals surface area contributed by atoms with Gasteiger partial charge in [0.05, 0.1) is 18.7 Å². The molecule has 3 rings (SSSR count). The Hall–Kier alpha value is -2.34. The van der Waals surface area contributed by atoms with Gasteiger partial charge in [-0.25, -0.2) is 4.99 Å². The molecule has 2 aromatic rings. The molecule has 1 fully saturated rings. The van der Waals surface area contributed by atoms with Gasteiger partial charge < -0.3 is 15.7 Å². The van der Waals surface area contributed by atoms with Crippen LogP contribution in [0.4, 0.5) is 0 Å². The maximum absolute atomic E-state index is 10.5. The van der Waals surface area contributed by atoms with Crippen LogP contribution in [0.25, 0.3) is 0 Å². The third-order valence-electron chi connectivity index (χ3n) is 4.88. The molecule has 0 spiro atoms. The van der Waals surface area contributed by atoms with Crippen molar-refractivity contribution in [1.29, 1.82) is 0 Å². The maximum Gasteiger partial charge on any atom is 0.191 e. The van der Waals surface area contributed by atoms with Gasteiger partial charge in [0.2, 0.25) is 0 Å². The van der Waals surface area contributed by atoms with Crippen LogP contribution in [0.1, 0.15) is 43.7 Å². The van der Waals surface area contributed by atoms with Crippen LogP contribution in [0.15, 0.2) is 47.7 Å². The Morgan fingerprint density at radius 1 is 1.19 bits per heavy atom. The number of hydrogen-bond donors (Lipinski definition) is 3. The fourth-order valence-corrected chi connectivity index (χ4v) is 3.40. The van der Waals surface area contributed by atoms with E-state index in [1.807, 2.05) is 36.0 Å². The first-order valence-electron chi connectivity index (χ1n) is 9.47. The average molecular weight is 355 g/mol. The highest BCUT2D eigenvalue weighted by molar-refractivity contribution is 5.79. The van der Waals surface area contributed by atoms with Gasteiger partial charge in [-0.15, -0.1) is 0 Å². The molecule has 0 atom stereocenters. The first-order chi connectivity index (χ1) is 12.7. The lowest BCUT2D eigenvalue weighted by Crippen LogP contribution is -2.46. The molecule has 1 aliphatic carbocycles. The van der Waals surface area contributed by atoms with Gasteiger partial charge >= 0.3 is 0 Å². The zero-order valence-corrected chi connectivity index (χ0v) is 15.5. The van der Waals surface area contributed by atoms with Crippen molar-refractivity contribution >= 4 is 5.96 Å². The molecule has 140 valence electrons. The summed E-state index contributed by atoms with van der Waals surface area (Å²) in [6.07, 6.45) is 7.70. The average Bonchev–Trinajstić information content (AvgIpc) is 3.31. The van der Waals surface area contributed by atoms with Crippen molar-refractivity contribution in [2.45, 2.75) is 51.3 Å². The SMILES string of the molecule is CCNC(=NCc1ccccc1Cn1cccn1)NCC1(O)CCCC1. The maximum atomic E-state index is 10.5. The summed E-state index contributed by atoms with van der Waals surface area (Å²) in [6.45, 7) is 4.72. The molecule has 1 aromatic carbocycles. The number of nitrogens with zero attached hydrogens (tertiary/aromatic N) is 3. The number of aromatic nitrogens is 2. The number of guanidine groups is 1. The van der Waals surface area contributed by atoms with E-state index in [0.717, 1.165) is 44.7 Å². The predicted octanol–water partition coefficient (Wildman–Crippen LogP) is 2.29. The van der Waals surface area contributed by atoms with E-state index in [4.69, 9.17) is 4.99 Å². The van der Waals surface area contributed by atoms with E-state index in [9.17, 15) is 5.11 Å². The molecule has 1 saturated carbocycles. The highest BCUT2D eigenvalue weighted by Gasteiger charge is 2.30. The molecule has 0 aliphatic heterocycles. The van der Waals surface area contributed by atoms with Gasteiger partial charge in [-0.3, -0.25) is 4.68 Å². The highest BCUT2D eigenvalue weighted by atomic mass is 16.3. The smallest absolute Gasteiger partial charge is 0.191 e. The minimum absolute atomic E-state index is 0.549. The summed E-state index contributed by atoms with van der Waals surface area (Å²) >= 11 is 0. The van der Waals surface area contributed by atoms with E-state index in [2.05, 4.69) is 27.9 Å². The minimum Gasteiger partial charge on any atom is -0.388 e. The molecule has 1 heterocycles. The molecule has 0 saturated heterocycles. The van der Waals surface area contributed by atoms with Crippen molar-refractivity contribution < 1.29 is 5.11 Å². The number of aliphatic hydroxyl groups is 1. The van der Waals surface area contributed by atoms with Gasteiger partial charge in [0.25, 0.3) is 0 Å². The molecule has 0 unspecified atom stereocenters. The number of benzene rings is 1. The summed E-state index contributed by atoms with van der Waals surface area (Å²) in [5.41, 5.74) is 1.80. The van der Waals surface area contributed by atoms with Crippen molar-refractivity contribution in [1.82, 2.24) is 20.4 Å². The van der Waals surface area contributed by atoms with E-state index < -0.39 is 5.60 Å². The Morgan fingerprint density at radius 2 is 1.96 bits per heavy atom. The van der Waals surface area contributed by atoms with Crippen LogP contribution >= 0.6 is 0 Å². The van der Waals surface area contributed by atoms with Crippen molar-refractivity contribution in [3.8, 4) is 0 Å². The first-order valence-corrected chi connectivity index (χ1v) is 9.47. The summed E-state index contributed by atoms with van der Waals surface area (Å²) in [5, 5.41) is 21.4. The van der Waals surface area contributed by atoms with Crippen LogP contribution in [-0.4, -0.2) is 39.5 Å². The summed E-state index contributed by atoms with van der Waals surface area (Å²) in [7, 11) is 0. The molecule has 1 aliphatic rings. The second kappa shape index (κ2) is 8.85. The molecular formula is C20H29N5O. The van der Waals surface area contributed by atoms with E-state index >= 15 is 0 Å². The molecule has 1 aromatic heterocycles. The number of nitrogens with one attached hydrogen (secondary N) is 2. The normalized spacial score (nSPS) is 16.6. The zero-order chi connectivity index (χ0) is 18.2. The first kappa shape index (κ1) is 18.5. The Labute approximate surface area is 155 Å². The van der Waals surface area contributed by atoms with Gasteiger partial charge in [-0.05, 0) is 37.0 Å². The summed E-state index contributed by atoms with van der Waals surface area (Å²) in [6, 6.07) is 10.2. The van der Waals surface area contributed by atoms with Gasteiger partial charge in [0.15, 0.2) is 5.96 Å². The van der Waals surface area contributed by atoms with Crippen molar-refractivity contribution in [2.75, 3.05) is 13.1 Å². The predicted molar refractivity (Wildman–Crippen MR) is 104 cm³/mol. The number of aliphatic imine (C=N–C) groups is 1. The molecule has 0 bridgehead atoms. The molecule has 3 N–H and O–H groups in total. The fraction of sp³-hybridized carbons (Fsp3) is 0.500. The Bertz CT molecular complexity index is 705. The molecule has 6 nitrogen and oxygen atoms in total. The third-order valence-corrected chi connectivity index (χ3v) is 4.88. The Kier molecular flexibility index (Phi) is 6.28. The lowest BCUT2D eigenvalue weighted by molar-refractivity contribution is 0.0522. The topological polar surface area (TPSA) is 74.5 Å². The number of rotatable bonds is 7.